The molecule has 1 aromatic carbocycles. The van der Waals surface area contributed by atoms with Crippen LogP contribution in [0.15, 0.2) is 18.2 Å². The molecule has 112 valence electrons. The standard InChI is InChI=1S/C10H15N2O7P/c1-10(12-11,9(14)15)5-6-2-3-7(13)8(4-6)19-20(16,17)18/h2-4,12-13H,5,11H2,1H3,(H,14,15)(H2,16,17,18). The van der Waals surface area contributed by atoms with E-state index in [-0.39, 0.29) is 6.42 Å². The lowest BCUT2D eigenvalue weighted by molar-refractivity contribution is -0.144. The second-order valence-electron chi connectivity index (χ2n) is 4.34. The van der Waals surface area contributed by atoms with Crippen LogP contribution in [0.3, 0.4) is 0 Å². The molecule has 0 saturated heterocycles. The lowest BCUT2D eigenvalue weighted by Crippen LogP contribution is -2.54. The van der Waals surface area contributed by atoms with Crippen LogP contribution in [0.2, 0.25) is 0 Å². The van der Waals surface area contributed by atoms with E-state index in [9.17, 15) is 14.5 Å². The van der Waals surface area contributed by atoms with Crippen LogP contribution in [-0.4, -0.2) is 31.5 Å². The minimum atomic E-state index is -4.83. The van der Waals surface area contributed by atoms with Crippen molar-refractivity contribution < 1.29 is 33.9 Å². The van der Waals surface area contributed by atoms with Crippen LogP contribution in [0.5, 0.6) is 11.5 Å². The minimum absolute atomic E-state index is 0.0867. The summed E-state index contributed by atoms with van der Waals surface area (Å²) in [7, 11) is -4.83. The van der Waals surface area contributed by atoms with Crippen LogP contribution in [0.4, 0.5) is 0 Å². The molecule has 1 rings (SSSR count). The highest BCUT2D eigenvalue weighted by Crippen LogP contribution is 2.42. The summed E-state index contributed by atoms with van der Waals surface area (Å²) >= 11 is 0. The number of hydrogen-bond acceptors (Lipinski definition) is 6. The largest absolute Gasteiger partial charge is 0.524 e. The van der Waals surface area contributed by atoms with Gasteiger partial charge in [-0.2, -0.15) is 0 Å². The van der Waals surface area contributed by atoms with Gasteiger partial charge in [0.2, 0.25) is 0 Å². The van der Waals surface area contributed by atoms with E-state index in [2.05, 4.69) is 9.95 Å². The molecule has 10 heteroatoms. The van der Waals surface area contributed by atoms with Crippen molar-refractivity contribution in [3.63, 3.8) is 0 Å². The van der Waals surface area contributed by atoms with Crippen molar-refractivity contribution in [3.8, 4) is 11.5 Å². The van der Waals surface area contributed by atoms with Gasteiger partial charge in [-0.1, -0.05) is 6.07 Å². The number of carboxylic acid groups (broad SMARTS) is 1. The molecule has 9 nitrogen and oxygen atoms in total. The van der Waals surface area contributed by atoms with Gasteiger partial charge < -0.3 is 14.7 Å². The van der Waals surface area contributed by atoms with Gasteiger partial charge >= 0.3 is 13.8 Å². The summed E-state index contributed by atoms with van der Waals surface area (Å²) in [6.45, 7) is 1.34. The number of nitrogens with two attached hydrogens (primary N) is 1. The fraction of sp³-hybridized carbons (Fsp3) is 0.300. The van der Waals surface area contributed by atoms with E-state index in [1.54, 1.807) is 0 Å². The summed E-state index contributed by atoms with van der Waals surface area (Å²) < 4.78 is 15.0. The van der Waals surface area contributed by atoms with E-state index in [0.717, 1.165) is 12.1 Å². The number of aliphatic carboxylic acids is 1. The van der Waals surface area contributed by atoms with E-state index < -0.39 is 30.8 Å². The smallest absolute Gasteiger partial charge is 0.504 e. The second kappa shape index (κ2) is 5.78. The normalized spacial score (nSPS) is 14.6. The molecule has 7 N–H and O–H groups in total. The lowest BCUT2D eigenvalue weighted by atomic mass is 9.93. The highest BCUT2D eigenvalue weighted by atomic mass is 31.2. The van der Waals surface area contributed by atoms with E-state index in [0.29, 0.717) is 5.56 Å². The molecule has 0 aliphatic rings. The Kier molecular flexibility index (Phi) is 4.74. The van der Waals surface area contributed by atoms with Gasteiger partial charge in [0.25, 0.3) is 0 Å². The first kappa shape index (κ1) is 16.4. The minimum Gasteiger partial charge on any atom is -0.504 e. The SMILES string of the molecule is CC(Cc1ccc(O)c(OP(=O)(O)O)c1)(NN)C(=O)O. The van der Waals surface area contributed by atoms with Crippen molar-refractivity contribution in [1.29, 1.82) is 0 Å². The number of phenols is 1. The van der Waals surface area contributed by atoms with Crippen LogP contribution in [0.25, 0.3) is 0 Å². The third kappa shape index (κ3) is 4.19. The van der Waals surface area contributed by atoms with E-state index in [1.807, 2.05) is 0 Å². The zero-order chi connectivity index (χ0) is 15.6. The fourth-order valence-electron chi connectivity index (χ4n) is 1.47. The third-order valence-electron chi connectivity index (χ3n) is 2.59. The number of nitrogens with one attached hydrogen (secondary N) is 1. The highest BCUT2D eigenvalue weighted by Gasteiger charge is 2.32. The first-order chi connectivity index (χ1) is 9.07. The quantitative estimate of drug-likeness (QED) is 0.235. The molecule has 0 heterocycles. The van der Waals surface area contributed by atoms with Crippen LogP contribution >= 0.6 is 7.82 Å². The zero-order valence-electron chi connectivity index (χ0n) is 10.5. The second-order valence-corrected chi connectivity index (χ2v) is 5.51. The summed E-state index contributed by atoms with van der Waals surface area (Å²) in [5.41, 5.74) is 1.03. The first-order valence-electron chi connectivity index (χ1n) is 5.35. The van der Waals surface area contributed by atoms with Crippen LogP contribution in [-0.2, 0) is 15.8 Å². The summed E-state index contributed by atoms with van der Waals surface area (Å²) in [5.74, 6) is 3.07. The van der Waals surface area contributed by atoms with Gasteiger partial charge in [0.1, 0.15) is 5.54 Å². The molecule has 0 fully saturated rings. The number of phosphoric ester groups is 1. The van der Waals surface area contributed by atoms with Gasteiger partial charge in [0.05, 0.1) is 0 Å². The van der Waals surface area contributed by atoms with Gasteiger partial charge in [-0.05, 0) is 24.6 Å². The topological polar surface area (TPSA) is 162 Å². The number of aromatic hydroxyl groups is 1. The third-order valence-corrected chi connectivity index (χ3v) is 3.02. The number of benzene rings is 1. The predicted molar refractivity (Wildman–Crippen MR) is 67.8 cm³/mol. The maximum Gasteiger partial charge on any atom is 0.524 e. The summed E-state index contributed by atoms with van der Waals surface area (Å²) in [6, 6.07) is 3.66. The van der Waals surface area contributed by atoms with E-state index >= 15 is 0 Å². The van der Waals surface area contributed by atoms with Gasteiger partial charge in [0.15, 0.2) is 11.5 Å². The number of hydrogen-bond donors (Lipinski definition) is 6. The molecule has 0 bridgehead atoms. The van der Waals surface area contributed by atoms with Crippen molar-refractivity contribution in [2.24, 2.45) is 5.84 Å². The van der Waals surface area contributed by atoms with Crippen molar-refractivity contribution >= 4 is 13.8 Å². The Morgan fingerprint density at radius 3 is 2.55 bits per heavy atom. The van der Waals surface area contributed by atoms with E-state index in [4.69, 9.17) is 20.7 Å². The molecule has 0 aliphatic heterocycles. The number of phenolic OH excluding ortho intramolecular Hbond substituents is 1. The van der Waals surface area contributed by atoms with Crippen molar-refractivity contribution in [3.05, 3.63) is 23.8 Å². The average Bonchev–Trinajstić information content (AvgIpc) is 2.31. The molecule has 0 saturated carbocycles. The maximum atomic E-state index is 11.1. The molecular weight excluding hydrogens is 291 g/mol. The number of hydrazine groups is 1. The Hall–Kier alpha value is -1.64. The molecule has 1 unspecified atom stereocenters. The molecule has 0 spiro atoms. The van der Waals surface area contributed by atoms with Gasteiger partial charge in [-0.25, -0.2) is 9.99 Å². The molecule has 1 aromatic rings. The van der Waals surface area contributed by atoms with Crippen LogP contribution < -0.4 is 15.8 Å². The maximum absolute atomic E-state index is 11.1. The van der Waals surface area contributed by atoms with Crippen molar-refractivity contribution in [1.82, 2.24) is 5.43 Å². The summed E-state index contributed by atoms with van der Waals surface area (Å²) in [4.78, 5) is 28.5. The Labute approximate surface area is 114 Å². The lowest BCUT2D eigenvalue weighted by Gasteiger charge is -2.24. The molecule has 1 atom stereocenters. The number of phosphoric acid groups is 1. The average molecular weight is 306 g/mol. The van der Waals surface area contributed by atoms with Gasteiger partial charge in [-0.15, -0.1) is 0 Å². The molecule has 0 aromatic heterocycles. The Bertz CT molecular complexity index is 559. The zero-order valence-corrected chi connectivity index (χ0v) is 11.4. The Morgan fingerprint density at radius 2 is 2.10 bits per heavy atom. The van der Waals surface area contributed by atoms with Crippen LogP contribution in [0.1, 0.15) is 12.5 Å². The highest BCUT2D eigenvalue weighted by molar-refractivity contribution is 7.46. The fourth-order valence-corrected chi connectivity index (χ4v) is 1.87. The van der Waals surface area contributed by atoms with E-state index in [1.165, 1.54) is 13.0 Å². The number of carboxylic acids is 1. The molecule has 20 heavy (non-hydrogen) atoms. The molecule has 0 aliphatic carbocycles. The predicted octanol–water partition coefficient (Wildman–Crippen LogP) is -0.287. The van der Waals surface area contributed by atoms with Crippen molar-refractivity contribution in [2.75, 3.05) is 0 Å². The van der Waals surface area contributed by atoms with Gasteiger partial charge in [-0.3, -0.25) is 20.4 Å². The Balaban J connectivity index is 3.07. The molecule has 0 amide bonds. The summed E-state index contributed by atoms with van der Waals surface area (Å²) in [5, 5.41) is 18.5. The monoisotopic (exact) mass is 306 g/mol. The van der Waals surface area contributed by atoms with Crippen LogP contribution in [0, 0.1) is 0 Å². The molecule has 0 radical (unpaired) electrons. The molecular formula is C10H15N2O7P. The number of carbonyl (C=O) groups is 1. The summed E-state index contributed by atoms with van der Waals surface area (Å²) in [6.07, 6.45) is -0.0867. The first-order valence-corrected chi connectivity index (χ1v) is 6.88. The van der Waals surface area contributed by atoms with Gasteiger partial charge in [0, 0.05) is 6.42 Å². The number of rotatable bonds is 6. The van der Waals surface area contributed by atoms with Crippen molar-refractivity contribution in [2.45, 2.75) is 18.9 Å². The Morgan fingerprint density at radius 1 is 1.50 bits per heavy atom.